The second kappa shape index (κ2) is 9.41. The quantitative estimate of drug-likeness (QED) is 0.665. The molecule has 2 aromatic rings. The molecule has 138 valence electrons. The fourth-order valence-corrected chi connectivity index (χ4v) is 2.23. The van der Waals surface area contributed by atoms with E-state index < -0.39 is 17.7 Å². The van der Waals surface area contributed by atoms with Crippen molar-refractivity contribution in [2.45, 2.75) is 19.8 Å². The first-order chi connectivity index (χ1) is 12.5. The van der Waals surface area contributed by atoms with Crippen LogP contribution in [0.1, 0.15) is 30.1 Å². The van der Waals surface area contributed by atoms with Crippen LogP contribution in [0.4, 0.5) is 10.1 Å². The number of para-hydroxylation sites is 2. The largest absolute Gasteiger partial charge is 0.490 e. The summed E-state index contributed by atoms with van der Waals surface area (Å²) in [6.07, 6.45) is 0.514. The van der Waals surface area contributed by atoms with Crippen molar-refractivity contribution < 1.29 is 28.6 Å². The van der Waals surface area contributed by atoms with Crippen molar-refractivity contribution >= 4 is 17.6 Å². The predicted octanol–water partition coefficient (Wildman–Crippen LogP) is 3.72. The number of carboxylic acids is 1. The first kappa shape index (κ1) is 19.2. The molecule has 2 rings (SSSR count). The van der Waals surface area contributed by atoms with Crippen molar-refractivity contribution in [1.29, 1.82) is 0 Å². The normalized spacial score (nSPS) is 10.2. The molecule has 0 unspecified atom stereocenters. The average molecular weight is 361 g/mol. The Labute approximate surface area is 150 Å². The number of amides is 1. The molecule has 0 aliphatic rings. The van der Waals surface area contributed by atoms with Gasteiger partial charge in [-0.25, -0.2) is 9.18 Å². The molecule has 26 heavy (non-hydrogen) atoms. The third-order valence-electron chi connectivity index (χ3n) is 3.44. The van der Waals surface area contributed by atoms with Crippen LogP contribution in [0.25, 0.3) is 0 Å². The van der Waals surface area contributed by atoms with Gasteiger partial charge in [-0.05, 0) is 43.7 Å². The SMILES string of the molecule is CCOc1ccccc1OCCCC(=O)Nc1cc(C(=O)O)ccc1F. The lowest BCUT2D eigenvalue weighted by Crippen LogP contribution is -2.14. The van der Waals surface area contributed by atoms with Gasteiger partial charge in [-0.15, -0.1) is 0 Å². The number of nitrogens with one attached hydrogen (secondary N) is 1. The number of carbonyl (C=O) groups is 2. The average Bonchev–Trinajstić information content (AvgIpc) is 2.62. The highest BCUT2D eigenvalue weighted by Crippen LogP contribution is 2.26. The topological polar surface area (TPSA) is 84.9 Å². The van der Waals surface area contributed by atoms with E-state index in [-0.39, 0.29) is 24.3 Å². The van der Waals surface area contributed by atoms with Crippen LogP contribution in [-0.4, -0.2) is 30.2 Å². The van der Waals surface area contributed by atoms with Gasteiger partial charge in [0.1, 0.15) is 5.82 Å². The van der Waals surface area contributed by atoms with E-state index in [9.17, 15) is 14.0 Å². The number of aromatic carboxylic acids is 1. The van der Waals surface area contributed by atoms with Crippen LogP contribution < -0.4 is 14.8 Å². The van der Waals surface area contributed by atoms with Crippen LogP contribution in [0, 0.1) is 5.82 Å². The van der Waals surface area contributed by atoms with Crippen molar-refractivity contribution in [3.63, 3.8) is 0 Å². The Hall–Kier alpha value is -3.09. The van der Waals surface area contributed by atoms with Crippen LogP contribution in [0.2, 0.25) is 0 Å². The highest BCUT2D eigenvalue weighted by atomic mass is 19.1. The smallest absolute Gasteiger partial charge is 0.335 e. The van der Waals surface area contributed by atoms with Gasteiger partial charge in [-0.1, -0.05) is 12.1 Å². The molecule has 0 aliphatic heterocycles. The molecule has 0 saturated heterocycles. The lowest BCUT2D eigenvalue weighted by molar-refractivity contribution is -0.116. The van der Waals surface area contributed by atoms with E-state index in [1.807, 2.05) is 19.1 Å². The molecule has 1 amide bonds. The molecule has 0 heterocycles. The zero-order valence-corrected chi connectivity index (χ0v) is 14.3. The summed E-state index contributed by atoms with van der Waals surface area (Å²) < 4.78 is 24.7. The van der Waals surface area contributed by atoms with Crippen molar-refractivity contribution in [2.75, 3.05) is 18.5 Å². The molecule has 6 nitrogen and oxygen atoms in total. The Bertz CT molecular complexity index is 778. The van der Waals surface area contributed by atoms with Gasteiger partial charge in [0.15, 0.2) is 11.5 Å². The number of carbonyl (C=O) groups excluding carboxylic acids is 1. The fraction of sp³-hybridized carbons (Fsp3) is 0.263. The van der Waals surface area contributed by atoms with E-state index in [0.29, 0.717) is 24.5 Å². The number of carboxylic acid groups (broad SMARTS) is 1. The molecule has 0 aliphatic carbocycles. The number of halogens is 1. The van der Waals surface area contributed by atoms with E-state index in [1.54, 1.807) is 12.1 Å². The molecule has 0 saturated carbocycles. The molecule has 0 radical (unpaired) electrons. The maximum absolute atomic E-state index is 13.7. The highest BCUT2D eigenvalue weighted by Gasteiger charge is 2.11. The molecule has 0 atom stereocenters. The molecule has 0 fully saturated rings. The standard InChI is InChI=1S/C19H20FNO5/c1-2-25-16-6-3-4-7-17(16)26-11-5-8-18(22)21-15-12-13(19(23)24)9-10-14(15)20/h3-4,6-7,9-10,12H,2,5,8,11H2,1H3,(H,21,22)(H,23,24). The second-order valence-electron chi connectivity index (χ2n) is 5.38. The maximum atomic E-state index is 13.7. The fourth-order valence-electron chi connectivity index (χ4n) is 2.23. The summed E-state index contributed by atoms with van der Waals surface area (Å²) in [6.45, 7) is 2.68. The van der Waals surface area contributed by atoms with Crippen LogP contribution >= 0.6 is 0 Å². The number of hydrogen-bond acceptors (Lipinski definition) is 4. The van der Waals surface area contributed by atoms with Crippen LogP contribution in [0.5, 0.6) is 11.5 Å². The van der Waals surface area contributed by atoms with E-state index in [2.05, 4.69) is 5.32 Å². The van der Waals surface area contributed by atoms with Crippen LogP contribution in [0.3, 0.4) is 0 Å². The minimum Gasteiger partial charge on any atom is -0.490 e. The molecule has 2 N–H and O–H groups in total. The van der Waals surface area contributed by atoms with Crippen LogP contribution in [0.15, 0.2) is 42.5 Å². The summed E-state index contributed by atoms with van der Waals surface area (Å²) in [5, 5.41) is 11.3. The Morgan fingerprint density at radius 2 is 1.81 bits per heavy atom. The van der Waals surface area contributed by atoms with Gasteiger partial charge < -0.3 is 19.9 Å². The number of hydrogen-bond donors (Lipinski definition) is 2. The van der Waals surface area contributed by atoms with E-state index in [1.165, 1.54) is 0 Å². The van der Waals surface area contributed by atoms with Gasteiger partial charge >= 0.3 is 5.97 Å². The molecule has 0 spiro atoms. The van der Waals surface area contributed by atoms with Gasteiger partial charge in [0.05, 0.1) is 24.5 Å². The number of anilines is 1. The van der Waals surface area contributed by atoms with Crippen molar-refractivity contribution in [3.8, 4) is 11.5 Å². The van der Waals surface area contributed by atoms with Gasteiger partial charge in [0.2, 0.25) is 5.91 Å². The van der Waals surface area contributed by atoms with Crippen molar-refractivity contribution in [2.24, 2.45) is 0 Å². The summed E-state index contributed by atoms with van der Waals surface area (Å²) in [5.74, 6) is -1.08. The van der Waals surface area contributed by atoms with E-state index >= 15 is 0 Å². The Morgan fingerprint density at radius 3 is 2.46 bits per heavy atom. The Kier molecular flexibility index (Phi) is 6.96. The lowest BCUT2D eigenvalue weighted by atomic mass is 10.2. The van der Waals surface area contributed by atoms with Crippen molar-refractivity contribution in [1.82, 2.24) is 0 Å². The minimum atomic E-state index is -1.19. The zero-order valence-electron chi connectivity index (χ0n) is 14.3. The molecular weight excluding hydrogens is 341 g/mol. The molecule has 7 heteroatoms. The summed E-state index contributed by atoms with van der Waals surface area (Å²) in [7, 11) is 0. The number of rotatable bonds is 9. The number of benzene rings is 2. The maximum Gasteiger partial charge on any atom is 0.335 e. The zero-order chi connectivity index (χ0) is 18.9. The summed E-state index contributed by atoms with van der Waals surface area (Å²) in [5.41, 5.74) is -0.255. The van der Waals surface area contributed by atoms with Gasteiger partial charge in [0.25, 0.3) is 0 Å². The summed E-state index contributed by atoms with van der Waals surface area (Å²) >= 11 is 0. The molecule has 0 aromatic heterocycles. The first-order valence-electron chi connectivity index (χ1n) is 8.18. The van der Waals surface area contributed by atoms with Crippen LogP contribution in [-0.2, 0) is 4.79 Å². The molecule has 2 aromatic carbocycles. The van der Waals surface area contributed by atoms with Gasteiger partial charge in [-0.2, -0.15) is 0 Å². The third kappa shape index (κ3) is 5.47. The van der Waals surface area contributed by atoms with Gasteiger partial charge in [0, 0.05) is 6.42 Å². The highest BCUT2D eigenvalue weighted by molar-refractivity contribution is 5.94. The predicted molar refractivity (Wildman–Crippen MR) is 94.3 cm³/mol. The minimum absolute atomic E-state index is 0.0995. The number of ether oxygens (including phenoxy) is 2. The lowest BCUT2D eigenvalue weighted by Gasteiger charge is -2.11. The summed E-state index contributed by atoms with van der Waals surface area (Å²) in [6, 6.07) is 10.5. The van der Waals surface area contributed by atoms with Crippen molar-refractivity contribution in [3.05, 3.63) is 53.8 Å². The Morgan fingerprint density at radius 1 is 1.12 bits per heavy atom. The van der Waals surface area contributed by atoms with Gasteiger partial charge in [-0.3, -0.25) is 4.79 Å². The third-order valence-corrected chi connectivity index (χ3v) is 3.44. The Balaban J connectivity index is 1.83. The second-order valence-corrected chi connectivity index (χ2v) is 5.38. The monoisotopic (exact) mass is 361 g/mol. The molecule has 0 bridgehead atoms. The van der Waals surface area contributed by atoms with E-state index in [4.69, 9.17) is 14.6 Å². The summed E-state index contributed by atoms with van der Waals surface area (Å²) in [4.78, 5) is 22.8. The first-order valence-corrected chi connectivity index (χ1v) is 8.18. The molecular formula is C19H20FNO5. The van der Waals surface area contributed by atoms with E-state index in [0.717, 1.165) is 18.2 Å².